The van der Waals surface area contributed by atoms with Gasteiger partial charge in [-0.05, 0) is 36.5 Å². The van der Waals surface area contributed by atoms with Gasteiger partial charge in [-0.25, -0.2) is 9.97 Å². The van der Waals surface area contributed by atoms with E-state index in [0.717, 1.165) is 27.8 Å². The molecule has 0 fully saturated rings. The molecule has 2 N–H and O–H groups in total. The van der Waals surface area contributed by atoms with Crippen LogP contribution in [0.3, 0.4) is 0 Å². The van der Waals surface area contributed by atoms with Crippen LogP contribution in [0.25, 0.3) is 22.2 Å². The maximum Gasteiger partial charge on any atom is 0.271 e. The highest BCUT2D eigenvalue weighted by Gasteiger charge is 2.11. The van der Waals surface area contributed by atoms with Crippen molar-refractivity contribution in [3.63, 3.8) is 0 Å². The Morgan fingerprint density at radius 1 is 1.00 bits per heavy atom. The van der Waals surface area contributed by atoms with E-state index in [2.05, 4.69) is 20.6 Å². The molecule has 0 saturated carbocycles. The predicted octanol–water partition coefficient (Wildman–Crippen LogP) is 5.67. The van der Waals surface area contributed by atoms with E-state index < -0.39 is 4.92 Å². The number of thiocarbonyl (C=S) groups is 1. The van der Waals surface area contributed by atoms with Crippen LogP contribution in [-0.2, 0) is 0 Å². The number of nitro groups is 1. The summed E-state index contributed by atoms with van der Waals surface area (Å²) in [6.07, 6.45) is 1.54. The fourth-order valence-corrected chi connectivity index (χ4v) is 3.43. The minimum absolute atomic E-state index is 0.0887. The largest absolute Gasteiger partial charge is 0.332 e. The first-order chi connectivity index (χ1) is 14.5. The van der Waals surface area contributed by atoms with Gasteiger partial charge in [0.05, 0.1) is 26.8 Å². The summed E-state index contributed by atoms with van der Waals surface area (Å²) < 4.78 is 0. The van der Waals surface area contributed by atoms with Crippen molar-refractivity contribution in [2.75, 3.05) is 10.6 Å². The van der Waals surface area contributed by atoms with Gasteiger partial charge in [-0.2, -0.15) is 0 Å². The summed E-state index contributed by atoms with van der Waals surface area (Å²) in [4.78, 5) is 19.1. The van der Waals surface area contributed by atoms with Gasteiger partial charge < -0.3 is 10.6 Å². The summed E-state index contributed by atoms with van der Waals surface area (Å²) >= 11 is 11.5. The number of hydrogen-bond acceptors (Lipinski definition) is 5. The fourth-order valence-electron chi connectivity index (χ4n) is 2.98. The van der Waals surface area contributed by atoms with Crippen molar-refractivity contribution in [1.29, 1.82) is 0 Å². The van der Waals surface area contributed by atoms with Gasteiger partial charge in [-0.1, -0.05) is 41.9 Å². The number of nitrogens with one attached hydrogen (secondary N) is 2. The van der Waals surface area contributed by atoms with E-state index in [1.165, 1.54) is 18.2 Å². The third-order valence-corrected chi connectivity index (χ3v) is 4.87. The van der Waals surface area contributed by atoms with E-state index >= 15 is 0 Å². The molecule has 0 radical (unpaired) electrons. The van der Waals surface area contributed by atoms with Gasteiger partial charge in [-0.15, -0.1) is 0 Å². The van der Waals surface area contributed by atoms with Gasteiger partial charge in [0.15, 0.2) is 5.11 Å². The number of hydrogen-bond donors (Lipinski definition) is 2. The van der Waals surface area contributed by atoms with E-state index in [-0.39, 0.29) is 10.7 Å². The second kappa shape index (κ2) is 8.40. The Hall–Kier alpha value is -3.62. The number of nitrogens with zero attached hydrogens (tertiary/aromatic N) is 3. The monoisotopic (exact) mass is 435 g/mol. The number of aromatic nitrogens is 2. The molecule has 0 amide bonds. The number of benzene rings is 3. The molecule has 30 heavy (non-hydrogen) atoms. The number of para-hydroxylation sites is 1. The highest BCUT2D eigenvalue weighted by Crippen LogP contribution is 2.28. The molecular weight excluding hydrogens is 422 g/mol. The molecule has 4 rings (SSSR count). The van der Waals surface area contributed by atoms with Crippen molar-refractivity contribution in [1.82, 2.24) is 9.97 Å². The van der Waals surface area contributed by atoms with Gasteiger partial charge in [-0.3, -0.25) is 10.1 Å². The van der Waals surface area contributed by atoms with E-state index in [1.807, 2.05) is 48.5 Å². The zero-order chi connectivity index (χ0) is 21.1. The molecule has 148 valence electrons. The molecule has 1 heterocycles. The first kappa shape index (κ1) is 19.7. The Morgan fingerprint density at radius 2 is 1.83 bits per heavy atom. The topological polar surface area (TPSA) is 93.0 Å². The van der Waals surface area contributed by atoms with Crippen LogP contribution in [0, 0.1) is 10.1 Å². The van der Waals surface area contributed by atoms with Crippen molar-refractivity contribution in [3.05, 3.63) is 88.2 Å². The van der Waals surface area contributed by atoms with Crippen LogP contribution < -0.4 is 10.6 Å². The van der Waals surface area contributed by atoms with Crippen LogP contribution in [0.15, 0.2) is 73.1 Å². The summed E-state index contributed by atoms with van der Waals surface area (Å²) in [5, 5.41) is 18.3. The second-order valence-electron chi connectivity index (χ2n) is 6.32. The summed E-state index contributed by atoms with van der Waals surface area (Å²) in [6, 6.07) is 19.6. The molecule has 0 aliphatic rings. The average Bonchev–Trinajstić information content (AvgIpc) is 2.75. The molecule has 9 heteroatoms. The first-order valence-electron chi connectivity index (χ1n) is 8.83. The normalized spacial score (nSPS) is 10.6. The first-order valence-corrected chi connectivity index (χ1v) is 9.62. The molecule has 1 aromatic heterocycles. The van der Waals surface area contributed by atoms with Crippen LogP contribution in [0.4, 0.5) is 17.1 Å². The zero-order valence-electron chi connectivity index (χ0n) is 15.4. The summed E-state index contributed by atoms with van der Waals surface area (Å²) in [5.74, 6) is 0. The highest BCUT2D eigenvalue weighted by atomic mass is 35.5. The maximum atomic E-state index is 10.8. The molecule has 3 aromatic carbocycles. The summed E-state index contributed by atoms with van der Waals surface area (Å²) in [7, 11) is 0. The molecule has 7 nitrogen and oxygen atoms in total. The van der Waals surface area contributed by atoms with E-state index in [1.54, 1.807) is 6.33 Å². The lowest BCUT2D eigenvalue weighted by Crippen LogP contribution is -2.19. The molecule has 0 atom stereocenters. The van der Waals surface area contributed by atoms with Gasteiger partial charge in [0.25, 0.3) is 5.69 Å². The molecule has 0 saturated heterocycles. The Balaban J connectivity index is 1.55. The predicted molar refractivity (Wildman–Crippen MR) is 123 cm³/mol. The van der Waals surface area contributed by atoms with Crippen LogP contribution in [-0.4, -0.2) is 20.0 Å². The molecule has 4 aromatic rings. The lowest BCUT2D eigenvalue weighted by molar-refractivity contribution is -0.384. The average molecular weight is 436 g/mol. The minimum atomic E-state index is -0.505. The third-order valence-electron chi connectivity index (χ3n) is 4.35. The van der Waals surface area contributed by atoms with Crippen molar-refractivity contribution in [2.24, 2.45) is 0 Å². The SMILES string of the molecule is O=[N+]([O-])c1ccc(NC(=S)Nc2cccc(-c3ncnc4ccccc34)c2)c(Cl)c1. The number of halogens is 1. The summed E-state index contributed by atoms with van der Waals surface area (Å²) in [6.45, 7) is 0. The Morgan fingerprint density at radius 3 is 2.63 bits per heavy atom. The standard InChI is InChI=1S/C21H14ClN5O2S/c22-17-11-15(27(28)29)8-9-19(17)26-21(30)25-14-5-3-4-13(10-14)20-16-6-1-2-7-18(16)23-12-24-20/h1-12H,(H2,25,26,30). The Bertz CT molecular complexity index is 1280. The van der Waals surface area contributed by atoms with Crippen molar-refractivity contribution in [2.45, 2.75) is 0 Å². The van der Waals surface area contributed by atoms with Gasteiger partial charge in [0, 0.05) is 28.8 Å². The molecule has 0 unspecified atom stereocenters. The number of anilines is 2. The third kappa shape index (κ3) is 4.19. The summed E-state index contributed by atoms with van der Waals surface area (Å²) in [5.41, 5.74) is 3.74. The van der Waals surface area contributed by atoms with E-state index in [0.29, 0.717) is 10.8 Å². The maximum absolute atomic E-state index is 10.8. The highest BCUT2D eigenvalue weighted by molar-refractivity contribution is 7.80. The molecule has 0 bridgehead atoms. The van der Waals surface area contributed by atoms with Crippen molar-refractivity contribution >= 4 is 56.9 Å². The smallest absolute Gasteiger partial charge is 0.271 e. The Kier molecular flexibility index (Phi) is 5.51. The van der Waals surface area contributed by atoms with Gasteiger partial charge in [0.2, 0.25) is 0 Å². The van der Waals surface area contributed by atoms with Crippen LogP contribution >= 0.6 is 23.8 Å². The zero-order valence-corrected chi connectivity index (χ0v) is 16.9. The lowest BCUT2D eigenvalue weighted by Gasteiger charge is -2.13. The molecular formula is C21H14ClN5O2S. The Labute approximate surface area is 181 Å². The van der Waals surface area contributed by atoms with Crippen LogP contribution in [0.5, 0.6) is 0 Å². The quantitative estimate of drug-likeness (QED) is 0.242. The number of non-ortho nitro benzene ring substituents is 1. The van der Waals surface area contributed by atoms with Crippen molar-refractivity contribution in [3.8, 4) is 11.3 Å². The van der Waals surface area contributed by atoms with Crippen LogP contribution in [0.2, 0.25) is 5.02 Å². The van der Waals surface area contributed by atoms with Gasteiger partial charge >= 0.3 is 0 Å². The molecule has 0 aliphatic carbocycles. The van der Waals surface area contributed by atoms with Crippen molar-refractivity contribution < 1.29 is 4.92 Å². The van der Waals surface area contributed by atoms with E-state index in [9.17, 15) is 10.1 Å². The number of rotatable bonds is 4. The van der Waals surface area contributed by atoms with E-state index in [4.69, 9.17) is 23.8 Å². The van der Waals surface area contributed by atoms with Crippen LogP contribution in [0.1, 0.15) is 0 Å². The molecule has 0 spiro atoms. The lowest BCUT2D eigenvalue weighted by atomic mass is 10.1. The second-order valence-corrected chi connectivity index (χ2v) is 7.14. The minimum Gasteiger partial charge on any atom is -0.332 e. The number of fused-ring (bicyclic) bond motifs is 1. The van der Waals surface area contributed by atoms with Gasteiger partial charge in [0.1, 0.15) is 6.33 Å². The number of nitro benzene ring substituents is 1. The molecule has 0 aliphatic heterocycles. The fraction of sp³-hybridized carbons (Fsp3) is 0.